The van der Waals surface area contributed by atoms with Crippen LogP contribution in [0.4, 0.5) is 4.39 Å². The molecule has 0 aliphatic heterocycles. The molecule has 0 spiro atoms. The lowest BCUT2D eigenvalue weighted by molar-refractivity contribution is 0.0921. The van der Waals surface area contributed by atoms with E-state index in [1.54, 1.807) is 44.4 Å². The van der Waals surface area contributed by atoms with Crippen molar-refractivity contribution >= 4 is 5.78 Å². The van der Waals surface area contributed by atoms with Crippen molar-refractivity contribution in [2.75, 3.05) is 13.7 Å². The second-order valence-corrected chi connectivity index (χ2v) is 4.35. The van der Waals surface area contributed by atoms with Gasteiger partial charge in [0.05, 0.1) is 7.11 Å². The zero-order valence-electron chi connectivity index (χ0n) is 11.4. The lowest BCUT2D eigenvalue weighted by atomic mass is 10.1. The third kappa shape index (κ3) is 3.35. The number of carbonyl (C=O) groups excluding carboxylic acids is 1. The Labute approximate surface area is 117 Å². The SMILES string of the molecule is COc1ccc(C(=O)COc2cc(F)ccc2C)cc1. The second kappa shape index (κ2) is 6.19. The van der Waals surface area contributed by atoms with Crippen LogP contribution in [0.15, 0.2) is 42.5 Å². The lowest BCUT2D eigenvalue weighted by Crippen LogP contribution is -2.12. The van der Waals surface area contributed by atoms with E-state index in [4.69, 9.17) is 9.47 Å². The molecule has 0 aliphatic carbocycles. The number of Topliss-reactive ketones (excluding diaryl/α,β-unsaturated/α-hetero) is 1. The van der Waals surface area contributed by atoms with Crippen LogP contribution in [0.3, 0.4) is 0 Å². The standard InChI is InChI=1S/C16H15FO3/c1-11-3-6-13(17)9-16(11)20-10-15(18)12-4-7-14(19-2)8-5-12/h3-9H,10H2,1-2H3. The summed E-state index contributed by atoms with van der Waals surface area (Å²) in [7, 11) is 1.56. The fourth-order valence-electron chi connectivity index (χ4n) is 1.73. The lowest BCUT2D eigenvalue weighted by Gasteiger charge is -2.08. The van der Waals surface area contributed by atoms with Gasteiger partial charge < -0.3 is 9.47 Å². The molecule has 0 saturated carbocycles. The molecule has 0 aliphatic rings. The molecule has 0 fully saturated rings. The molecular weight excluding hydrogens is 259 g/mol. The largest absolute Gasteiger partial charge is 0.497 e. The summed E-state index contributed by atoms with van der Waals surface area (Å²) in [5, 5.41) is 0. The summed E-state index contributed by atoms with van der Waals surface area (Å²) in [5.74, 6) is 0.508. The number of benzene rings is 2. The topological polar surface area (TPSA) is 35.5 Å². The number of ketones is 1. The van der Waals surface area contributed by atoms with Crippen LogP contribution in [-0.2, 0) is 0 Å². The van der Waals surface area contributed by atoms with Gasteiger partial charge in [0.2, 0.25) is 0 Å². The van der Waals surface area contributed by atoms with Gasteiger partial charge in [0.1, 0.15) is 17.3 Å². The smallest absolute Gasteiger partial charge is 0.200 e. The van der Waals surface area contributed by atoms with E-state index in [1.165, 1.54) is 12.1 Å². The van der Waals surface area contributed by atoms with Crippen LogP contribution in [0.1, 0.15) is 15.9 Å². The van der Waals surface area contributed by atoms with E-state index in [9.17, 15) is 9.18 Å². The third-order valence-corrected chi connectivity index (χ3v) is 2.92. The molecule has 2 aromatic rings. The van der Waals surface area contributed by atoms with Crippen LogP contribution in [0.2, 0.25) is 0 Å². The van der Waals surface area contributed by atoms with Gasteiger partial charge >= 0.3 is 0 Å². The molecule has 0 N–H and O–H groups in total. The van der Waals surface area contributed by atoms with Gasteiger partial charge in [0.25, 0.3) is 0 Å². The number of halogens is 1. The number of rotatable bonds is 5. The Morgan fingerprint density at radius 2 is 1.85 bits per heavy atom. The minimum Gasteiger partial charge on any atom is -0.497 e. The summed E-state index contributed by atoms with van der Waals surface area (Å²) in [5.41, 5.74) is 1.31. The van der Waals surface area contributed by atoms with Crippen LogP contribution in [-0.4, -0.2) is 19.5 Å². The number of methoxy groups -OCH3 is 1. The Balaban J connectivity index is 2.02. The van der Waals surface area contributed by atoms with Crippen molar-refractivity contribution < 1.29 is 18.7 Å². The maximum atomic E-state index is 13.1. The molecular formula is C16H15FO3. The Kier molecular flexibility index (Phi) is 4.35. The van der Waals surface area contributed by atoms with Gasteiger partial charge in [0.15, 0.2) is 12.4 Å². The molecule has 0 radical (unpaired) electrons. The van der Waals surface area contributed by atoms with Gasteiger partial charge in [-0.15, -0.1) is 0 Å². The minimum atomic E-state index is -0.387. The van der Waals surface area contributed by atoms with E-state index in [0.29, 0.717) is 17.1 Å². The normalized spacial score (nSPS) is 10.2. The second-order valence-electron chi connectivity index (χ2n) is 4.35. The summed E-state index contributed by atoms with van der Waals surface area (Å²) in [4.78, 5) is 12.0. The molecule has 0 saturated heterocycles. The molecule has 0 atom stereocenters. The number of carbonyl (C=O) groups is 1. The van der Waals surface area contributed by atoms with Crippen LogP contribution >= 0.6 is 0 Å². The molecule has 2 rings (SSSR count). The van der Waals surface area contributed by atoms with Crippen molar-refractivity contribution in [1.29, 1.82) is 0 Å². The maximum Gasteiger partial charge on any atom is 0.200 e. The number of hydrogen-bond donors (Lipinski definition) is 0. The van der Waals surface area contributed by atoms with Gasteiger partial charge in [0, 0.05) is 11.6 Å². The van der Waals surface area contributed by atoms with Gasteiger partial charge in [-0.25, -0.2) is 4.39 Å². The highest BCUT2D eigenvalue weighted by atomic mass is 19.1. The fourth-order valence-corrected chi connectivity index (χ4v) is 1.73. The average Bonchev–Trinajstić information content (AvgIpc) is 2.48. The van der Waals surface area contributed by atoms with Gasteiger partial charge in [-0.1, -0.05) is 6.07 Å². The van der Waals surface area contributed by atoms with E-state index < -0.39 is 0 Å². The molecule has 0 bridgehead atoms. The summed E-state index contributed by atoms with van der Waals surface area (Å²) < 4.78 is 23.5. The Bertz CT molecular complexity index is 606. The summed E-state index contributed by atoms with van der Waals surface area (Å²) in [6.45, 7) is 1.67. The van der Waals surface area contributed by atoms with Crippen molar-refractivity contribution in [3.63, 3.8) is 0 Å². The van der Waals surface area contributed by atoms with E-state index in [0.717, 1.165) is 5.56 Å². The number of aryl methyl sites for hydroxylation is 1. The predicted octanol–water partition coefficient (Wildman–Crippen LogP) is 3.40. The van der Waals surface area contributed by atoms with Crippen LogP contribution in [0.5, 0.6) is 11.5 Å². The highest BCUT2D eigenvalue weighted by molar-refractivity contribution is 5.97. The maximum absolute atomic E-state index is 13.1. The zero-order chi connectivity index (χ0) is 14.5. The summed E-state index contributed by atoms with van der Waals surface area (Å²) in [6.07, 6.45) is 0. The quantitative estimate of drug-likeness (QED) is 0.784. The molecule has 0 aromatic heterocycles. The van der Waals surface area contributed by atoms with Gasteiger partial charge in [-0.2, -0.15) is 0 Å². The van der Waals surface area contributed by atoms with Crippen molar-refractivity contribution in [1.82, 2.24) is 0 Å². The average molecular weight is 274 g/mol. The number of hydrogen-bond acceptors (Lipinski definition) is 3. The summed E-state index contributed by atoms with van der Waals surface area (Å²) >= 11 is 0. The highest BCUT2D eigenvalue weighted by Crippen LogP contribution is 2.19. The zero-order valence-corrected chi connectivity index (χ0v) is 11.4. The Morgan fingerprint density at radius 1 is 1.15 bits per heavy atom. The molecule has 20 heavy (non-hydrogen) atoms. The van der Waals surface area contributed by atoms with E-state index in [2.05, 4.69) is 0 Å². The highest BCUT2D eigenvalue weighted by Gasteiger charge is 2.09. The van der Waals surface area contributed by atoms with E-state index in [-0.39, 0.29) is 18.2 Å². The molecule has 3 nitrogen and oxygen atoms in total. The first-order chi connectivity index (χ1) is 9.60. The van der Waals surface area contributed by atoms with Crippen molar-refractivity contribution in [3.8, 4) is 11.5 Å². The van der Waals surface area contributed by atoms with Crippen LogP contribution < -0.4 is 9.47 Å². The molecule has 104 valence electrons. The third-order valence-electron chi connectivity index (χ3n) is 2.92. The Morgan fingerprint density at radius 3 is 2.50 bits per heavy atom. The Hall–Kier alpha value is -2.36. The molecule has 0 heterocycles. The summed E-state index contributed by atoms with van der Waals surface area (Å²) in [6, 6.07) is 11.0. The minimum absolute atomic E-state index is 0.128. The molecule has 2 aromatic carbocycles. The van der Waals surface area contributed by atoms with Gasteiger partial charge in [-0.05, 0) is 42.8 Å². The van der Waals surface area contributed by atoms with Crippen LogP contribution in [0.25, 0.3) is 0 Å². The molecule has 0 amide bonds. The first-order valence-corrected chi connectivity index (χ1v) is 6.16. The van der Waals surface area contributed by atoms with Crippen molar-refractivity contribution in [2.45, 2.75) is 6.92 Å². The first kappa shape index (κ1) is 14.1. The van der Waals surface area contributed by atoms with Crippen LogP contribution in [0, 0.1) is 12.7 Å². The van der Waals surface area contributed by atoms with Crippen molar-refractivity contribution in [3.05, 3.63) is 59.4 Å². The van der Waals surface area contributed by atoms with Gasteiger partial charge in [-0.3, -0.25) is 4.79 Å². The van der Waals surface area contributed by atoms with E-state index in [1.807, 2.05) is 0 Å². The predicted molar refractivity (Wildman–Crippen MR) is 74.0 cm³/mol. The van der Waals surface area contributed by atoms with Crippen molar-refractivity contribution in [2.24, 2.45) is 0 Å². The monoisotopic (exact) mass is 274 g/mol. The fraction of sp³-hybridized carbons (Fsp3) is 0.188. The molecule has 4 heteroatoms. The first-order valence-electron chi connectivity index (χ1n) is 6.16. The van der Waals surface area contributed by atoms with E-state index >= 15 is 0 Å². The number of ether oxygens (including phenoxy) is 2. The molecule has 0 unspecified atom stereocenters.